The van der Waals surface area contributed by atoms with Crippen LogP contribution in [0.25, 0.3) is 0 Å². The molecule has 0 saturated heterocycles. The van der Waals surface area contributed by atoms with Crippen LogP contribution in [0.15, 0.2) is 17.1 Å². The Kier molecular flexibility index (Phi) is 2.42. The van der Waals surface area contributed by atoms with Crippen LogP contribution in [0.2, 0.25) is 0 Å². The third-order valence-electron chi connectivity index (χ3n) is 1.53. The molecule has 0 aliphatic heterocycles. The molecule has 0 atom stereocenters. The molecule has 1 heterocycles. The van der Waals surface area contributed by atoms with Crippen LogP contribution >= 0.6 is 0 Å². The van der Waals surface area contributed by atoms with E-state index in [-0.39, 0.29) is 0 Å². The summed E-state index contributed by atoms with van der Waals surface area (Å²) in [6.07, 6.45) is -3.71. The summed E-state index contributed by atoms with van der Waals surface area (Å²) >= 11 is 0. The second kappa shape index (κ2) is 3.21. The molecule has 1 aromatic heterocycles. The fourth-order valence-corrected chi connectivity index (χ4v) is 0.933. The van der Waals surface area contributed by atoms with Crippen molar-refractivity contribution in [1.82, 2.24) is 4.98 Å². The highest BCUT2D eigenvalue weighted by Crippen LogP contribution is 2.30. The predicted molar refractivity (Wildman–Crippen MR) is 38.0 cm³/mol. The molecule has 0 amide bonds. The molecule has 2 N–H and O–H groups in total. The standard InChI is InChI=1S/C7H6F3NO2/c8-7(9,10)5-1-2-11-6(13)4(5)3-12/h1-2,12H,3H2,(H,11,13). The number of aliphatic hydroxyl groups excluding tert-OH is 1. The lowest BCUT2D eigenvalue weighted by Gasteiger charge is -2.09. The maximum atomic E-state index is 12.2. The minimum absolute atomic E-state index is 0.657. The third kappa shape index (κ3) is 1.89. The number of alkyl halides is 3. The Hall–Kier alpha value is -1.30. The molecule has 0 radical (unpaired) electrons. The molecule has 0 saturated carbocycles. The van der Waals surface area contributed by atoms with Gasteiger partial charge in [0.15, 0.2) is 0 Å². The van der Waals surface area contributed by atoms with Crippen LogP contribution in [0.4, 0.5) is 13.2 Å². The summed E-state index contributed by atoms with van der Waals surface area (Å²) in [6.45, 7) is -0.926. The zero-order valence-corrected chi connectivity index (χ0v) is 6.35. The molecule has 0 unspecified atom stereocenters. The van der Waals surface area contributed by atoms with Gasteiger partial charge in [0.05, 0.1) is 17.7 Å². The van der Waals surface area contributed by atoms with Crippen molar-refractivity contribution in [2.75, 3.05) is 0 Å². The van der Waals surface area contributed by atoms with E-state index in [1.54, 1.807) is 0 Å². The lowest BCUT2D eigenvalue weighted by molar-refractivity contribution is -0.138. The maximum absolute atomic E-state index is 12.2. The van der Waals surface area contributed by atoms with E-state index in [9.17, 15) is 18.0 Å². The Labute approximate surface area is 70.8 Å². The van der Waals surface area contributed by atoms with Gasteiger partial charge >= 0.3 is 6.18 Å². The Morgan fingerprint density at radius 3 is 2.46 bits per heavy atom. The van der Waals surface area contributed by atoms with Gasteiger partial charge in [-0.2, -0.15) is 13.2 Å². The Morgan fingerprint density at radius 1 is 1.46 bits per heavy atom. The van der Waals surface area contributed by atoms with E-state index in [2.05, 4.69) is 0 Å². The number of hydrogen-bond acceptors (Lipinski definition) is 2. The van der Waals surface area contributed by atoms with Gasteiger partial charge in [0.1, 0.15) is 0 Å². The highest BCUT2D eigenvalue weighted by Gasteiger charge is 2.33. The van der Waals surface area contributed by atoms with Gasteiger partial charge in [0, 0.05) is 6.20 Å². The fourth-order valence-electron chi connectivity index (χ4n) is 0.933. The average Bonchev–Trinajstić information content (AvgIpc) is 2.02. The van der Waals surface area contributed by atoms with Gasteiger partial charge in [-0.15, -0.1) is 0 Å². The highest BCUT2D eigenvalue weighted by molar-refractivity contribution is 5.25. The minimum Gasteiger partial charge on any atom is -0.391 e. The van der Waals surface area contributed by atoms with Gasteiger partial charge < -0.3 is 10.1 Å². The lowest BCUT2D eigenvalue weighted by atomic mass is 10.1. The van der Waals surface area contributed by atoms with E-state index < -0.39 is 29.5 Å². The molecule has 13 heavy (non-hydrogen) atoms. The van der Waals surface area contributed by atoms with Crippen LogP contribution < -0.4 is 5.56 Å². The molecule has 3 nitrogen and oxygen atoms in total. The van der Waals surface area contributed by atoms with Crippen molar-refractivity contribution in [2.24, 2.45) is 0 Å². The number of halogens is 3. The first-order valence-electron chi connectivity index (χ1n) is 3.35. The number of aliphatic hydroxyl groups is 1. The smallest absolute Gasteiger partial charge is 0.391 e. The van der Waals surface area contributed by atoms with Gasteiger partial charge in [-0.1, -0.05) is 0 Å². The van der Waals surface area contributed by atoms with Crippen molar-refractivity contribution < 1.29 is 18.3 Å². The summed E-state index contributed by atoms with van der Waals surface area (Å²) < 4.78 is 36.5. The Morgan fingerprint density at radius 2 is 2.08 bits per heavy atom. The average molecular weight is 193 g/mol. The molecule has 6 heteroatoms. The van der Waals surface area contributed by atoms with Gasteiger partial charge in [-0.05, 0) is 6.07 Å². The number of pyridine rings is 1. The van der Waals surface area contributed by atoms with E-state index in [1.165, 1.54) is 0 Å². The molecule has 0 aliphatic carbocycles. The normalized spacial score (nSPS) is 11.7. The molecular weight excluding hydrogens is 187 g/mol. The van der Waals surface area contributed by atoms with Gasteiger partial charge in [0.2, 0.25) is 0 Å². The zero-order valence-electron chi connectivity index (χ0n) is 6.35. The number of H-pyrrole nitrogens is 1. The third-order valence-corrected chi connectivity index (χ3v) is 1.53. The van der Waals surface area contributed by atoms with Crippen LogP contribution in [0.3, 0.4) is 0 Å². The number of aromatic amines is 1. The Bertz CT molecular complexity index is 355. The molecule has 0 fully saturated rings. The number of hydrogen-bond donors (Lipinski definition) is 2. The van der Waals surface area contributed by atoms with E-state index in [1.807, 2.05) is 4.98 Å². The quantitative estimate of drug-likeness (QED) is 0.695. The summed E-state index contributed by atoms with van der Waals surface area (Å²) in [6, 6.07) is 0.715. The monoisotopic (exact) mass is 193 g/mol. The van der Waals surface area contributed by atoms with E-state index in [0.29, 0.717) is 6.07 Å². The largest absolute Gasteiger partial charge is 0.417 e. The number of nitrogens with one attached hydrogen (secondary N) is 1. The first-order valence-corrected chi connectivity index (χ1v) is 3.35. The molecular formula is C7H6F3NO2. The topological polar surface area (TPSA) is 53.1 Å². The van der Waals surface area contributed by atoms with Crippen molar-refractivity contribution in [1.29, 1.82) is 0 Å². The summed E-state index contributed by atoms with van der Waals surface area (Å²) in [5.41, 5.74) is -2.67. The summed E-state index contributed by atoms with van der Waals surface area (Å²) in [5, 5.41) is 8.54. The molecule has 1 rings (SSSR count). The predicted octanol–water partition coefficient (Wildman–Crippen LogP) is 0.886. The van der Waals surface area contributed by atoms with Crippen molar-refractivity contribution >= 4 is 0 Å². The molecule has 1 aromatic rings. The lowest BCUT2D eigenvalue weighted by Crippen LogP contribution is -2.20. The van der Waals surface area contributed by atoms with Crippen LogP contribution in [-0.2, 0) is 12.8 Å². The van der Waals surface area contributed by atoms with Crippen LogP contribution in [0.1, 0.15) is 11.1 Å². The number of rotatable bonds is 1. The molecule has 0 spiro atoms. The highest BCUT2D eigenvalue weighted by atomic mass is 19.4. The van der Waals surface area contributed by atoms with Crippen LogP contribution in [-0.4, -0.2) is 10.1 Å². The molecule has 0 aromatic carbocycles. The molecule has 72 valence electrons. The molecule has 0 bridgehead atoms. The minimum atomic E-state index is -4.60. The van der Waals surface area contributed by atoms with Crippen molar-refractivity contribution in [2.45, 2.75) is 12.8 Å². The fraction of sp³-hybridized carbons (Fsp3) is 0.286. The second-order valence-electron chi connectivity index (χ2n) is 2.35. The Balaban J connectivity index is 3.38. The maximum Gasteiger partial charge on any atom is 0.417 e. The van der Waals surface area contributed by atoms with Gasteiger partial charge in [0.25, 0.3) is 5.56 Å². The first-order chi connectivity index (χ1) is 5.96. The van der Waals surface area contributed by atoms with Crippen LogP contribution in [0, 0.1) is 0 Å². The first kappa shape index (κ1) is 9.79. The van der Waals surface area contributed by atoms with Gasteiger partial charge in [-0.3, -0.25) is 4.79 Å². The summed E-state index contributed by atoms with van der Waals surface area (Å²) in [5.74, 6) is 0. The van der Waals surface area contributed by atoms with E-state index in [4.69, 9.17) is 5.11 Å². The van der Waals surface area contributed by atoms with Crippen molar-refractivity contribution in [3.63, 3.8) is 0 Å². The van der Waals surface area contributed by atoms with Crippen LogP contribution in [0.5, 0.6) is 0 Å². The summed E-state index contributed by atoms with van der Waals surface area (Å²) in [4.78, 5) is 12.8. The zero-order chi connectivity index (χ0) is 10.1. The SMILES string of the molecule is O=c1[nH]ccc(C(F)(F)F)c1CO. The van der Waals surface area contributed by atoms with E-state index in [0.717, 1.165) is 6.20 Å². The second-order valence-corrected chi connectivity index (χ2v) is 2.35. The van der Waals surface area contributed by atoms with Crippen molar-refractivity contribution in [3.05, 3.63) is 33.7 Å². The number of aromatic nitrogens is 1. The molecule has 0 aliphatic rings. The van der Waals surface area contributed by atoms with E-state index >= 15 is 0 Å². The van der Waals surface area contributed by atoms with Crippen molar-refractivity contribution in [3.8, 4) is 0 Å². The summed E-state index contributed by atoms with van der Waals surface area (Å²) in [7, 11) is 0. The van der Waals surface area contributed by atoms with Gasteiger partial charge in [-0.25, -0.2) is 0 Å².